The highest BCUT2D eigenvalue weighted by Gasteiger charge is 2.27. The van der Waals surface area contributed by atoms with E-state index in [0.717, 1.165) is 51.4 Å². The number of nitrogens with zero attached hydrogens (tertiary/aromatic N) is 4. The average molecular weight is 785 g/mol. The van der Waals surface area contributed by atoms with E-state index < -0.39 is 0 Å². The molecule has 0 aliphatic carbocycles. The molecule has 10 nitrogen and oxygen atoms in total. The largest absolute Gasteiger partial charge is 0.354 e. The summed E-state index contributed by atoms with van der Waals surface area (Å²) in [5, 5.41) is 24.9. The van der Waals surface area contributed by atoms with Gasteiger partial charge in [0.2, 0.25) is 0 Å². The van der Waals surface area contributed by atoms with E-state index in [0.29, 0.717) is 54.7 Å². The van der Waals surface area contributed by atoms with Crippen LogP contribution in [-0.4, -0.2) is 29.8 Å². The smallest absolute Gasteiger partial charge is 0.288 e. The van der Waals surface area contributed by atoms with Crippen molar-refractivity contribution in [2.75, 3.05) is 0 Å². The number of nitrogens with one attached hydrogen (secondary N) is 2. The van der Waals surface area contributed by atoms with Gasteiger partial charge in [0.1, 0.15) is 9.75 Å². The summed E-state index contributed by atoms with van der Waals surface area (Å²) in [6.45, 7) is 7.84. The molecule has 0 amide bonds. The number of rotatable bonds is 6. The van der Waals surface area contributed by atoms with Crippen molar-refractivity contribution in [2.45, 2.75) is 27.7 Å². The minimum atomic E-state index is -0.333. The molecule has 0 aromatic carbocycles. The maximum atomic E-state index is 12.5. The van der Waals surface area contributed by atoms with Crippen LogP contribution in [0.4, 0.5) is 11.4 Å². The molecule has 7 aromatic rings. The molecule has 2 aliphatic rings. The molecule has 9 rings (SSSR count). The van der Waals surface area contributed by atoms with Crippen molar-refractivity contribution >= 4 is 103 Å². The molecular formula is C40H28N6O4S4. The van der Waals surface area contributed by atoms with Gasteiger partial charge in [-0.25, -0.2) is 9.97 Å². The van der Waals surface area contributed by atoms with Crippen LogP contribution < -0.4 is 0 Å². The number of aromatic nitrogens is 4. The second kappa shape index (κ2) is 13.0. The minimum absolute atomic E-state index is 0.0242. The van der Waals surface area contributed by atoms with Gasteiger partial charge in [0, 0.05) is 85.7 Å². The number of hydrogen-bond donors (Lipinski definition) is 2. The van der Waals surface area contributed by atoms with E-state index >= 15 is 0 Å². The standard InChI is InChI=1S/C40H28N6O4S4/c1-19-5-15-33(51-19)35-23-7-11-27(41-23)37(39-31(45(47)48)17-21(3)53-39)29-13-9-25(43-29)36(34-16-6-20(2)52-34)26-10-14-30(44-26)38(28-12-8-24(35)42-28)40-32(46(49)50)18-22(4)54-40/h5-18,41,44H,1-4H3. The lowest BCUT2D eigenvalue weighted by molar-refractivity contribution is -0.383. The SMILES string of the molecule is Cc1ccc(-c2c3nc(c(-c4sc(C)cc4[N+](=O)[O-])c4ccc([nH]4)c(-c4ccc(C)s4)c4nc(c(-c5sc(C)cc5[N+](=O)[O-])c5ccc2[nH]5)C=C4)C=C3)s1. The van der Waals surface area contributed by atoms with Crippen LogP contribution in [0.3, 0.4) is 0 Å². The number of hydrogen-bond acceptors (Lipinski definition) is 10. The second-order valence-electron chi connectivity index (χ2n) is 13.0. The Balaban J connectivity index is 1.50. The summed E-state index contributed by atoms with van der Waals surface area (Å²) in [5.41, 5.74) is 8.44. The van der Waals surface area contributed by atoms with Gasteiger partial charge in [-0.1, -0.05) is 0 Å². The van der Waals surface area contributed by atoms with Gasteiger partial charge >= 0.3 is 0 Å². The van der Waals surface area contributed by atoms with E-state index in [1.54, 1.807) is 34.8 Å². The molecule has 14 heteroatoms. The van der Waals surface area contributed by atoms with Crippen molar-refractivity contribution in [3.05, 3.63) is 123 Å². The van der Waals surface area contributed by atoms with Crippen LogP contribution >= 0.6 is 45.3 Å². The molecule has 2 N–H and O–H groups in total. The van der Waals surface area contributed by atoms with Crippen LogP contribution in [0, 0.1) is 47.9 Å². The van der Waals surface area contributed by atoms with Crippen molar-refractivity contribution in [3.8, 4) is 41.8 Å². The molecule has 0 radical (unpaired) electrons. The number of nitro groups is 2. The summed E-state index contributed by atoms with van der Waals surface area (Å²) >= 11 is 6.00. The molecule has 0 fully saturated rings. The zero-order chi connectivity index (χ0) is 37.4. The number of aryl methyl sites for hydroxylation is 4. The van der Waals surface area contributed by atoms with Crippen LogP contribution in [0.1, 0.15) is 42.3 Å². The average Bonchev–Trinajstić information content (AvgIpc) is 3.95. The maximum Gasteiger partial charge on any atom is 0.288 e. The molecule has 8 bridgehead atoms. The Morgan fingerprint density at radius 2 is 0.833 bits per heavy atom. The van der Waals surface area contributed by atoms with Crippen molar-refractivity contribution < 1.29 is 9.85 Å². The lowest BCUT2D eigenvalue weighted by Gasteiger charge is -2.04. The van der Waals surface area contributed by atoms with Crippen LogP contribution in [0.25, 0.3) is 88.1 Å². The fraction of sp³-hybridized carbons (Fsp3) is 0.100. The molecule has 7 aromatic heterocycles. The van der Waals surface area contributed by atoms with E-state index in [9.17, 15) is 20.2 Å². The Kier molecular flexibility index (Phi) is 8.15. The van der Waals surface area contributed by atoms with Gasteiger partial charge < -0.3 is 9.97 Å². The van der Waals surface area contributed by atoms with Gasteiger partial charge in [-0.15, -0.1) is 45.3 Å². The predicted octanol–water partition coefficient (Wildman–Crippen LogP) is 12.6. The first kappa shape index (κ1) is 34.0. The summed E-state index contributed by atoms with van der Waals surface area (Å²) in [5.74, 6) is 0. The molecule has 54 heavy (non-hydrogen) atoms. The molecule has 0 saturated heterocycles. The van der Waals surface area contributed by atoms with Gasteiger partial charge in [0.05, 0.1) is 32.6 Å². The molecule has 0 saturated carbocycles. The summed E-state index contributed by atoms with van der Waals surface area (Å²) in [6.07, 6.45) is 7.73. The Bertz CT molecular complexity index is 2770. The first-order valence-electron chi connectivity index (χ1n) is 16.8. The summed E-state index contributed by atoms with van der Waals surface area (Å²) in [6, 6.07) is 19.3. The third-order valence-electron chi connectivity index (χ3n) is 9.25. The normalized spacial score (nSPS) is 12.2. The van der Waals surface area contributed by atoms with Crippen molar-refractivity contribution in [2.24, 2.45) is 0 Å². The Morgan fingerprint density at radius 3 is 1.17 bits per heavy atom. The lowest BCUT2D eigenvalue weighted by Crippen LogP contribution is -1.91. The number of aromatic amines is 2. The first-order valence-corrected chi connectivity index (χ1v) is 20.1. The highest BCUT2D eigenvalue weighted by molar-refractivity contribution is 7.17. The van der Waals surface area contributed by atoms with E-state index in [-0.39, 0.29) is 21.2 Å². The van der Waals surface area contributed by atoms with Gasteiger partial charge in [0.25, 0.3) is 11.4 Å². The van der Waals surface area contributed by atoms with Gasteiger partial charge in [-0.3, -0.25) is 20.2 Å². The molecule has 0 atom stereocenters. The van der Waals surface area contributed by atoms with E-state index in [1.807, 2.05) is 76.3 Å². The van der Waals surface area contributed by atoms with Crippen LogP contribution in [0.15, 0.2) is 60.7 Å². The minimum Gasteiger partial charge on any atom is -0.354 e. The summed E-state index contributed by atoms with van der Waals surface area (Å²) < 4.78 is 0. The summed E-state index contributed by atoms with van der Waals surface area (Å²) in [4.78, 5) is 48.8. The quantitative estimate of drug-likeness (QED) is 0.127. The monoisotopic (exact) mass is 784 g/mol. The third kappa shape index (κ3) is 5.74. The Morgan fingerprint density at radius 1 is 0.481 bits per heavy atom. The van der Waals surface area contributed by atoms with Crippen molar-refractivity contribution in [1.82, 2.24) is 19.9 Å². The highest BCUT2D eigenvalue weighted by Crippen LogP contribution is 2.46. The molecular weight excluding hydrogens is 757 g/mol. The number of H-pyrrole nitrogens is 2. The second-order valence-corrected chi connectivity index (χ2v) is 18.1. The van der Waals surface area contributed by atoms with E-state index in [2.05, 4.69) is 34.2 Å². The topological polar surface area (TPSA) is 144 Å². The molecule has 0 spiro atoms. The third-order valence-corrected chi connectivity index (χ3v) is 13.4. The number of thiophene rings is 4. The molecule has 0 unspecified atom stereocenters. The number of fused-ring (bicyclic) bond motifs is 8. The van der Waals surface area contributed by atoms with Gasteiger partial charge in [-0.05, 0) is 101 Å². The first-order chi connectivity index (χ1) is 26.0. The highest BCUT2D eigenvalue weighted by atomic mass is 32.1. The zero-order valence-corrected chi connectivity index (χ0v) is 32.4. The fourth-order valence-corrected chi connectivity index (χ4v) is 10.9. The Labute approximate surface area is 323 Å². The van der Waals surface area contributed by atoms with Crippen LogP contribution in [0.2, 0.25) is 0 Å². The molecule has 9 heterocycles. The lowest BCUT2D eigenvalue weighted by atomic mass is 10.1. The zero-order valence-electron chi connectivity index (χ0n) is 29.1. The van der Waals surface area contributed by atoms with Crippen molar-refractivity contribution in [1.29, 1.82) is 0 Å². The summed E-state index contributed by atoms with van der Waals surface area (Å²) in [7, 11) is 0. The molecule has 2 aliphatic heterocycles. The van der Waals surface area contributed by atoms with E-state index in [1.165, 1.54) is 22.7 Å². The predicted molar refractivity (Wildman–Crippen MR) is 224 cm³/mol. The van der Waals surface area contributed by atoms with Gasteiger partial charge in [-0.2, -0.15) is 0 Å². The van der Waals surface area contributed by atoms with Crippen molar-refractivity contribution in [3.63, 3.8) is 0 Å². The Hall–Kier alpha value is -5.80. The van der Waals surface area contributed by atoms with Crippen LogP contribution in [-0.2, 0) is 0 Å². The van der Waals surface area contributed by atoms with Gasteiger partial charge in [0.15, 0.2) is 0 Å². The molecule has 266 valence electrons. The van der Waals surface area contributed by atoms with E-state index in [4.69, 9.17) is 9.97 Å². The maximum absolute atomic E-state index is 12.5. The van der Waals surface area contributed by atoms with Crippen LogP contribution in [0.5, 0.6) is 0 Å². The fourth-order valence-electron chi connectivity index (χ4n) is 6.97.